The molecule has 1 amide bonds. The van der Waals surface area contributed by atoms with E-state index in [1.54, 1.807) is 11.0 Å². The van der Waals surface area contributed by atoms with Gasteiger partial charge in [0.25, 0.3) is 0 Å². The summed E-state index contributed by atoms with van der Waals surface area (Å²) >= 11 is 6.29. The number of fused-ring (bicyclic) bond motifs is 3. The van der Waals surface area contributed by atoms with Gasteiger partial charge in [-0.2, -0.15) is 0 Å². The van der Waals surface area contributed by atoms with E-state index in [0.717, 1.165) is 49.2 Å². The van der Waals surface area contributed by atoms with Crippen LogP contribution in [0, 0.1) is 11.2 Å². The summed E-state index contributed by atoms with van der Waals surface area (Å²) < 4.78 is 20.2. The summed E-state index contributed by atoms with van der Waals surface area (Å²) in [5.74, 6) is 1.89. The lowest BCUT2D eigenvalue weighted by atomic mass is 9.73. The molecule has 0 aliphatic carbocycles. The van der Waals surface area contributed by atoms with E-state index in [1.165, 1.54) is 19.4 Å². The minimum Gasteiger partial charge on any atom is -0.453 e. The zero-order chi connectivity index (χ0) is 23.6. The Labute approximate surface area is 200 Å². The number of nitrogens with zero attached hydrogens (tertiary/aromatic N) is 7. The first-order chi connectivity index (χ1) is 16.4. The Morgan fingerprint density at radius 1 is 1.15 bits per heavy atom. The van der Waals surface area contributed by atoms with Crippen LogP contribution in [0.4, 0.5) is 21.0 Å². The van der Waals surface area contributed by atoms with E-state index in [1.807, 2.05) is 29.7 Å². The summed E-state index contributed by atoms with van der Waals surface area (Å²) in [7, 11) is 1.37. The number of carbonyl (C=O) groups is 1. The van der Waals surface area contributed by atoms with Crippen LogP contribution in [0.25, 0.3) is 5.69 Å². The molecule has 9 nitrogen and oxygen atoms in total. The normalized spacial score (nSPS) is 20.2. The van der Waals surface area contributed by atoms with Gasteiger partial charge in [-0.3, -0.25) is 9.47 Å². The van der Waals surface area contributed by atoms with Crippen molar-refractivity contribution in [3.8, 4) is 5.69 Å². The average Bonchev–Trinajstić information content (AvgIpc) is 3.15. The molecule has 5 heterocycles. The molecule has 2 fully saturated rings. The van der Waals surface area contributed by atoms with Crippen LogP contribution < -0.4 is 9.80 Å². The van der Waals surface area contributed by atoms with Crippen molar-refractivity contribution in [2.75, 3.05) is 43.1 Å². The molecular formula is C23H23ClFN7O2. The van der Waals surface area contributed by atoms with Crippen LogP contribution in [0.5, 0.6) is 0 Å². The maximum absolute atomic E-state index is 13.2. The summed E-state index contributed by atoms with van der Waals surface area (Å²) in [6.07, 6.45) is 0.824. The molecule has 0 bridgehead atoms. The van der Waals surface area contributed by atoms with Gasteiger partial charge >= 0.3 is 6.09 Å². The number of hydrogen-bond acceptors (Lipinski definition) is 7. The van der Waals surface area contributed by atoms with Crippen molar-refractivity contribution >= 4 is 29.5 Å². The van der Waals surface area contributed by atoms with Gasteiger partial charge in [0.1, 0.15) is 11.6 Å². The molecule has 0 radical (unpaired) electrons. The minimum absolute atomic E-state index is 0.152. The topological polar surface area (TPSA) is 79.6 Å². The highest BCUT2D eigenvalue weighted by atomic mass is 35.5. The Morgan fingerprint density at radius 3 is 2.62 bits per heavy atom. The van der Waals surface area contributed by atoms with Gasteiger partial charge in [-0.1, -0.05) is 11.6 Å². The van der Waals surface area contributed by atoms with Crippen LogP contribution in [0.1, 0.15) is 24.4 Å². The molecular weight excluding hydrogens is 461 g/mol. The molecule has 0 N–H and O–H groups in total. The number of pyridine rings is 1. The fourth-order valence-corrected chi connectivity index (χ4v) is 5.47. The molecule has 11 heteroatoms. The van der Waals surface area contributed by atoms with Gasteiger partial charge in [-0.15, -0.1) is 10.2 Å². The predicted octanol–water partition coefficient (Wildman–Crippen LogP) is 3.42. The predicted molar refractivity (Wildman–Crippen MR) is 124 cm³/mol. The van der Waals surface area contributed by atoms with Crippen molar-refractivity contribution in [3.05, 3.63) is 58.8 Å². The molecule has 0 saturated carbocycles. The Balaban J connectivity index is 1.28. The first-order valence-electron chi connectivity index (χ1n) is 11.1. The zero-order valence-electron chi connectivity index (χ0n) is 18.8. The third-order valence-electron chi connectivity index (χ3n) is 6.97. The molecule has 2 saturated heterocycles. The summed E-state index contributed by atoms with van der Waals surface area (Å²) in [5.41, 5.74) is 1.96. The van der Waals surface area contributed by atoms with E-state index in [0.29, 0.717) is 17.4 Å². The highest BCUT2D eigenvalue weighted by Gasteiger charge is 2.53. The van der Waals surface area contributed by atoms with E-state index in [9.17, 15) is 9.18 Å². The van der Waals surface area contributed by atoms with Crippen LogP contribution in [0.15, 0.2) is 36.5 Å². The average molecular weight is 484 g/mol. The van der Waals surface area contributed by atoms with Crippen LogP contribution >= 0.6 is 11.6 Å². The number of rotatable bonds is 2. The van der Waals surface area contributed by atoms with Crippen molar-refractivity contribution in [2.45, 2.75) is 19.5 Å². The maximum atomic E-state index is 13.2. The molecule has 1 aromatic carbocycles. The lowest BCUT2D eigenvalue weighted by Gasteiger charge is -2.60. The summed E-state index contributed by atoms with van der Waals surface area (Å²) in [5, 5.41) is 9.61. The second-order valence-corrected chi connectivity index (χ2v) is 9.72. The van der Waals surface area contributed by atoms with Gasteiger partial charge < -0.3 is 14.5 Å². The first kappa shape index (κ1) is 21.2. The summed E-state index contributed by atoms with van der Waals surface area (Å²) in [6.45, 7) is 5.67. The standard InChI is InChI=1S/C23H23ClFN7O2/c1-14-20-27-28-21(30-12-23(13-30)10-29(11-23)19-6-4-17(25)8-26-19)32(20)18-5-3-16(24)7-15(18)9-31(14)22(33)34-2/h3-8,14H,9-13H2,1-2H3. The fraction of sp³-hybridized carbons (Fsp3) is 0.391. The number of ether oxygens (including phenoxy) is 1. The van der Waals surface area contributed by atoms with Crippen molar-refractivity contribution in [1.82, 2.24) is 24.6 Å². The van der Waals surface area contributed by atoms with Crippen LogP contribution in [0.3, 0.4) is 0 Å². The van der Waals surface area contributed by atoms with E-state index in [4.69, 9.17) is 16.3 Å². The molecule has 3 aliphatic heterocycles. The van der Waals surface area contributed by atoms with E-state index in [2.05, 4.69) is 25.0 Å². The molecule has 3 aromatic rings. The molecule has 1 spiro atoms. The Bertz CT molecular complexity index is 1270. The number of methoxy groups -OCH3 is 1. The highest BCUT2D eigenvalue weighted by Crippen LogP contribution is 2.44. The molecule has 1 atom stereocenters. The SMILES string of the molecule is COC(=O)N1Cc2cc(Cl)ccc2-n2c(nnc2N2CC3(CN(c4ccc(F)cn4)C3)C2)C1C. The van der Waals surface area contributed by atoms with Gasteiger partial charge in [-0.25, -0.2) is 14.2 Å². The first-order valence-corrected chi connectivity index (χ1v) is 11.5. The van der Waals surface area contributed by atoms with Gasteiger partial charge in [-0.05, 0) is 42.8 Å². The quantitative estimate of drug-likeness (QED) is 0.552. The van der Waals surface area contributed by atoms with Gasteiger partial charge in [0.2, 0.25) is 5.95 Å². The maximum Gasteiger partial charge on any atom is 0.410 e. The number of aromatic nitrogens is 4. The lowest BCUT2D eigenvalue weighted by molar-refractivity contribution is 0.103. The van der Waals surface area contributed by atoms with E-state index >= 15 is 0 Å². The zero-order valence-corrected chi connectivity index (χ0v) is 19.5. The van der Waals surface area contributed by atoms with Crippen molar-refractivity contribution in [3.63, 3.8) is 0 Å². The van der Waals surface area contributed by atoms with Crippen molar-refractivity contribution in [2.24, 2.45) is 5.41 Å². The smallest absolute Gasteiger partial charge is 0.410 e. The van der Waals surface area contributed by atoms with E-state index in [-0.39, 0.29) is 17.3 Å². The molecule has 34 heavy (non-hydrogen) atoms. The Morgan fingerprint density at radius 2 is 1.91 bits per heavy atom. The minimum atomic E-state index is -0.428. The van der Waals surface area contributed by atoms with Gasteiger partial charge in [0, 0.05) is 36.6 Å². The largest absolute Gasteiger partial charge is 0.453 e. The van der Waals surface area contributed by atoms with Gasteiger partial charge in [0.15, 0.2) is 5.82 Å². The monoisotopic (exact) mass is 483 g/mol. The number of benzene rings is 1. The molecule has 6 rings (SSSR count). The van der Waals surface area contributed by atoms with Crippen molar-refractivity contribution < 1.29 is 13.9 Å². The van der Waals surface area contributed by atoms with Crippen LogP contribution in [-0.2, 0) is 11.3 Å². The number of amides is 1. The molecule has 2 aromatic heterocycles. The molecule has 176 valence electrons. The third kappa shape index (κ3) is 3.19. The molecule has 1 unspecified atom stereocenters. The lowest BCUT2D eigenvalue weighted by Crippen LogP contribution is -2.73. The second kappa shape index (κ2) is 7.56. The summed E-state index contributed by atoms with van der Waals surface area (Å²) in [4.78, 5) is 22.7. The molecule has 3 aliphatic rings. The summed E-state index contributed by atoms with van der Waals surface area (Å²) in [6, 6.07) is 8.47. The Kier molecular flexibility index (Phi) is 4.70. The number of halogens is 2. The number of anilines is 2. The highest BCUT2D eigenvalue weighted by molar-refractivity contribution is 6.30. The number of hydrogen-bond donors (Lipinski definition) is 0. The van der Waals surface area contributed by atoms with E-state index < -0.39 is 6.09 Å². The second-order valence-electron chi connectivity index (χ2n) is 9.29. The third-order valence-corrected chi connectivity index (χ3v) is 7.20. The van der Waals surface area contributed by atoms with Crippen LogP contribution in [0.2, 0.25) is 5.02 Å². The number of carbonyl (C=O) groups excluding carboxylic acids is 1. The Hall–Kier alpha value is -3.40. The van der Waals surface area contributed by atoms with Crippen LogP contribution in [-0.4, -0.2) is 64.0 Å². The van der Waals surface area contributed by atoms with Crippen molar-refractivity contribution in [1.29, 1.82) is 0 Å². The van der Waals surface area contributed by atoms with Gasteiger partial charge in [0.05, 0.1) is 31.6 Å². The fourth-order valence-electron chi connectivity index (χ4n) is 5.28.